The SMILES string of the molecule is Cc1ccc(-c2ncn(N)c2N)c(Br)c1. The first-order valence-electron chi connectivity index (χ1n) is 4.44. The van der Waals surface area contributed by atoms with Crippen LogP contribution in [0.2, 0.25) is 0 Å². The number of aromatic nitrogens is 2. The van der Waals surface area contributed by atoms with E-state index >= 15 is 0 Å². The van der Waals surface area contributed by atoms with Gasteiger partial charge in [-0.25, -0.2) is 9.66 Å². The van der Waals surface area contributed by atoms with Crippen LogP contribution in [0.15, 0.2) is 29.0 Å². The highest BCUT2D eigenvalue weighted by atomic mass is 79.9. The van der Waals surface area contributed by atoms with Gasteiger partial charge in [0.15, 0.2) is 5.82 Å². The predicted molar refractivity (Wildman–Crippen MR) is 64.7 cm³/mol. The summed E-state index contributed by atoms with van der Waals surface area (Å²) < 4.78 is 2.27. The van der Waals surface area contributed by atoms with Gasteiger partial charge in [-0.2, -0.15) is 0 Å². The smallest absolute Gasteiger partial charge is 0.150 e. The third-order valence-corrected chi connectivity index (χ3v) is 2.87. The molecule has 1 heterocycles. The quantitative estimate of drug-likeness (QED) is 0.775. The molecule has 2 rings (SSSR count). The molecule has 0 saturated carbocycles. The molecule has 0 aliphatic heterocycles. The zero-order chi connectivity index (χ0) is 11.0. The van der Waals surface area contributed by atoms with E-state index in [1.54, 1.807) is 0 Å². The van der Waals surface area contributed by atoms with Crippen molar-refractivity contribution in [3.05, 3.63) is 34.6 Å². The fraction of sp³-hybridized carbons (Fsp3) is 0.100. The van der Waals surface area contributed by atoms with Crippen molar-refractivity contribution in [2.24, 2.45) is 0 Å². The first kappa shape index (κ1) is 10.0. The molecule has 0 saturated heterocycles. The summed E-state index contributed by atoms with van der Waals surface area (Å²) in [7, 11) is 0. The van der Waals surface area contributed by atoms with E-state index in [4.69, 9.17) is 11.6 Å². The Hall–Kier alpha value is -1.49. The summed E-state index contributed by atoms with van der Waals surface area (Å²) in [5.74, 6) is 6.03. The third kappa shape index (κ3) is 1.70. The van der Waals surface area contributed by atoms with Crippen molar-refractivity contribution in [3.63, 3.8) is 0 Å². The minimum Gasteiger partial charge on any atom is -0.382 e. The third-order valence-electron chi connectivity index (χ3n) is 2.21. The zero-order valence-electron chi connectivity index (χ0n) is 8.24. The number of anilines is 1. The molecule has 4 nitrogen and oxygen atoms in total. The van der Waals surface area contributed by atoms with Crippen molar-refractivity contribution in [1.29, 1.82) is 0 Å². The highest BCUT2D eigenvalue weighted by Crippen LogP contribution is 2.30. The Morgan fingerprint density at radius 2 is 2.13 bits per heavy atom. The molecular weight excluding hydrogens is 256 g/mol. The lowest BCUT2D eigenvalue weighted by Crippen LogP contribution is -2.10. The highest BCUT2D eigenvalue weighted by Gasteiger charge is 2.11. The maximum absolute atomic E-state index is 5.80. The first-order valence-corrected chi connectivity index (χ1v) is 5.23. The number of benzene rings is 1. The molecule has 0 aliphatic carbocycles. The lowest BCUT2D eigenvalue weighted by molar-refractivity contribution is 1.01. The molecule has 4 N–H and O–H groups in total. The molecule has 15 heavy (non-hydrogen) atoms. The van der Waals surface area contributed by atoms with Crippen LogP contribution < -0.4 is 11.6 Å². The molecule has 0 spiro atoms. The molecule has 1 aromatic carbocycles. The van der Waals surface area contributed by atoms with Gasteiger partial charge < -0.3 is 11.6 Å². The van der Waals surface area contributed by atoms with Gasteiger partial charge in [-0.05, 0) is 18.6 Å². The van der Waals surface area contributed by atoms with Crippen LogP contribution in [0.5, 0.6) is 0 Å². The molecule has 0 unspecified atom stereocenters. The average molecular weight is 267 g/mol. The van der Waals surface area contributed by atoms with Gasteiger partial charge in [-0.15, -0.1) is 0 Å². The van der Waals surface area contributed by atoms with Gasteiger partial charge in [0.25, 0.3) is 0 Å². The van der Waals surface area contributed by atoms with E-state index in [9.17, 15) is 0 Å². The van der Waals surface area contributed by atoms with Crippen LogP contribution in [0.25, 0.3) is 11.3 Å². The standard InChI is InChI=1S/C10H11BrN4/c1-6-2-3-7(8(11)4-6)9-10(12)15(13)5-14-9/h2-5H,12-13H2,1H3. The Balaban J connectivity index is 2.59. The van der Waals surface area contributed by atoms with Crippen LogP contribution in [0, 0.1) is 6.92 Å². The molecule has 78 valence electrons. The number of aryl methyl sites for hydroxylation is 1. The van der Waals surface area contributed by atoms with Crippen molar-refractivity contribution >= 4 is 21.7 Å². The average Bonchev–Trinajstić information content (AvgIpc) is 2.49. The Labute approximate surface area is 96.0 Å². The highest BCUT2D eigenvalue weighted by molar-refractivity contribution is 9.10. The summed E-state index contributed by atoms with van der Waals surface area (Å²) in [4.78, 5) is 4.16. The number of nitrogens with two attached hydrogens (primary N) is 2. The predicted octanol–water partition coefficient (Wildman–Crippen LogP) is 1.92. The Kier molecular flexibility index (Phi) is 2.40. The lowest BCUT2D eigenvalue weighted by atomic mass is 10.1. The lowest BCUT2D eigenvalue weighted by Gasteiger charge is -2.04. The van der Waals surface area contributed by atoms with E-state index in [-0.39, 0.29) is 0 Å². The van der Waals surface area contributed by atoms with Gasteiger partial charge in [-0.3, -0.25) is 0 Å². The number of rotatable bonds is 1. The van der Waals surface area contributed by atoms with E-state index in [1.165, 1.54) is 16.6 Å². The first-order chi connectivity index (χ1) is 7.09. The maximum Gasteiger partial charge on any atom is 0.150 e. The molecule has 0 fully saturated rings. The van der Waals surface area contributed by atoms with E-state index in [0.29, 0.717) is 11.5 Å². The molecule has 0 atom stereocenters. The summed E-state index contributed by atoms with van der Waals surface area (Å²) in [5, 5.41) is 0. The van der Waals surface area contributed by atoms with Gasteiger partial charge in [0.1, 0.15) is 12.0 Å². The summed E-state index contributed by atoms with van der Waals surface area (Å²) in [6.45, 7) is 2.03. The number of imidazole rings is 1. The molecule has 0 bridgehead atoms. The van der Waals surface area contributed by atoms with Gasteiger partial charge >= 0.3 is 0 Å². The summed E-state index contributed by atoms with van der Waals surface area (Å²) >= 11 is 3.48. The van der Waals surface area contributed by atoms with Crippen LogP contribution in [0.3, 0.4) is 0 Å². The number of halogens is 1. The monoisotopic (exact) mass is 266 g/mol. The normalized spacial score (nSPS) is 10.5. The van der Waals surface area contributed by atoms with Gasteiger partial charge in [-0.1, -0.05) is 28.1 Å². The molecule has 5 heteroatoms. The fourth-order valence-corrected chi connectivity index (χ4v) is 2.07. The minimum atomic E-state index is 0.458. The molecule has 2 aromatic rings. The summed E-state index contributed by atoms with van der Waals surface area (Å²) in [6, 6.07) is 6.00. The number of hydrogen-bond acceptors (Lipinski definition) is 3. The van der Waals surface area contributed by atoms with Crippen LogP contribution in [-0.2, 0) is 0 Å². The maximum atomic E-state index is 5.80. The second kappa shape index (κ2) is 3.58. The Bertz CT molecular complexity index is 504. The molecule has 0 radical (unpaired) electrons. The van der Waals surface area contributed by atoms with Crippen molar-refractivity contribution in [1.82, 2.24) is 9.66 Å². The number of nitrogen functional groups attached to an aromatic ring is 2. The second-order valence-electron chi connectivity index (χ2n) is 3.37. The van der Waals surface area contributed by atoms with Crippen LogP contribution in [0.4, 0.5) is 5.82 Å². The molecular formula is C10H11BrN4. The largest absolute Gasteiger partial charge is 0.382 e. The van der Waals surface area contributed by atoms with Gasteiger partial charge in [0, 0.05) is 10.0 Å². The van der Waals surface area contributed by atoms with E-state index < -0.39 is 0 Å². The van der Waals surface area contributed by atoms with Crippen molar-refractivity contribution in [2.75, 3.05) is 11.6 Å². The van der Waals surface area contributed by atoms with E-state index in [2.05, 4.69) is 20.9 Å². The summed E-state index contributed by atoms with van der Waals surface area (Å²) in [5.41, 5.74) is 8.62. The Morgan fingerprint density at radius 3 is 2.67 bits per heavy atom. The molecule has 0 amide bonds. The number of hydrogen-bond donors (Lipinski definition) is 2. The zero-order valence-corrected chi connectivity index (χ0v) is 9.82. The van der Waals surface area contributed by atoms with Crippen LogP contribution >= 0.6 is 15.9 Å². The second-order valence-corrected chi connectivity index (χ2v) is 4.22. The number of nitrogens with zero attached hydrogens (tertiary/aromatic N) is 2. The van der Waals surface area contributed by atoms with Crippen molar-refractivity contribution < 1.29 is 0 Å². The fourth-order valence-electron chi connectivity index (χ4n) is 1.39. The minimum absolute atomic E-state index is 0.458. The van der Waals surface area contributed by atoms with Gasteiger partial charge in [0.05, 0.1) is 0 Å². The van der Waals surface area contributed by atoms with E-state index in [1.807, 2.05) is 25.1 Å². The van der Waals surface area contributed by atoms with Gasteiger partial charge in [0.2, 0.25) is 0 Å². The van der Waals surface area contributed by atoms with Crippen molar-refractivity contribution in [2.45, 2.75) is 6.92 Å². The Morgan fingerprint density at radius 1 is 1.40 bits per heavy atom. The molecule has 0 aliphatic rings. The van der Waals surface area contributed by atoms with Crippen molar-refractivity contribution in [3.8, 4) is 11.3 Å². The van der Waals surface area contributed by atoms with E-state index in [0.717, 1.165) is 10.0 Å². The molecule has 1 aromatic heterocycles. The topological polar surface area (TPSA) is 69.9 Å². The van der Waals surface area contributed by atoms with Crippen LogP contribution in [0.1, 0.15) is 5.56 Å². The van der Waals surface area contributed by atoms with Crippen LogP contribution in [-0.4, -0.2) is 9.66 Å². The summed E-state index contributed by atoms with van der Waals surface area (Å²) in [6.07, 6.45) is 1.50.